The molecule has 1 saturated heterocycles. The molecule has 0 bridgehead atoms. The summed E-state index contributed by atoms with van der Waals surface area (Å²) < 4.78 is 11.0. The zero-order chi connectivity index (χ0) is 21.8. The molecular weight excluding hydrogens is 394 g/mol. The first-order valence-corrected chi connectivity index (χ1v) is 10.5. The highest BCUT2D eigenvalue weighted by atomic mass is 16.5. The summed E-state index contributed by atoms with van der Waals surface area (Å²) in [7, 11) is 0. The summed E-state index contributed by atoms with van der Waals surface area (Å²) in [5, 5.41) is 8.31. The molecular formula is C24H25N3O4. The maximum atomic E-state index is 12.9. The second-order valence-electron chi connectivity index (χ2n) is 7.65. The van der Waals surface area contributed by atoms with Crippen LogP contribution >= 0.6 is 0 Å². The fraction of sp³-hybridized carbons (Fsp3) is 0.333. The zero-order valence-corrected chi connectivity index (χ0v) is 17.7. The number of carbonyl (C=O) groups excluding carboxylic acids is 2. The summed E-state index contributed by atoms with van der Waals surface area (Å²) in [5.41, 5.74) is 3.26. The molecule has 1 amide bonds. The number of benzene rings is 2. The maximum absolute atomic E-state index is 12.9. The lowest BCUT2D eigenvalue weighted by Crippen LogP contribution is -2.42. The molecule has 1 unspecified atom stereocenters. The van der Waals surface area contributed by atoms with Gasteiger partial charge in [-0.05, 0) is 62.6 Å². The van der Waals surface area contributed by atoms with Gasteiger partial charge in [0.25, 0.3) is 5.91 Å². The van der Waals surface area contributed by atoms with E-state index in [1.807, 2.05) is 31.2 Å². The Morgan fingerprint density at radius 1 is 1.10 bits per heavy atom. The van der Waals surface area contributed by atoms with Gasteiger partial charge in [0.1, 0.15) is 0 Å². The maximum Gasteiger partial charge on any atom is 0.310 e. The van der Waals surface area contributed by atoms with Gasteiger partial charge in [-0.1, -0.05) is 18.2 Å². The SMILES string of the molecule is CCOC(=O)C1CCCN(C(=O)c2ccc(-c3nnc(-c4ccccc4C)o3)cc2)C1. The van der Waals surface area contributed by atoms with Crippen LogP contribution in [0.25, 0.3) is 22.9 Å². The Hall–Kier alpha value is -3.48. The third-order valence-electron chi connectivity index (χ3n) is 5.51. The fourth-order valence-electron chi connectivity index (χ4n) is 3.81. The molecule has 1 aliphatic rings. The quantitative estimate of drug-likeness (QED) is 0.578. The Morgan fingerprint density at radius 3 is 2.58 bits per heavy atom. The predicted molar refractivity (Wildman–Crippen MR) is 115 cm³/mol. The molecule has 0 N–H and O–H groups in total. The highest BCUT2D eigenvalue weighted by molar-refractivity contribution is 5.95. The molecule has 2 aromatic carbocycles. The van der Waals surface area contributed by atoms with Crippen molar-refractivity contribution in [2.45, 2.75) is 26.7 Å². The molecule has 1 fully saturated rings. The molecule has 7 nitrogen and oxygen atoms in total. The predicted octanol–water partition coefficient (Wildman–Crippen LogP) is 4.13. The van der Waals surface area contributed by atoms with Crippen LogP contribution in [0.5, 0.6) is 0 Å². The molecule has 0 radical (unpaired) electrons. The van der Waals surface area contributed by atoms with E-state index in [1.54, 1.807) is 36.1 Å². The first kappa shape index (κ1) is 20.8. The Kier molecular flexibility index (Phi) is 6.11. The smallest absolute Gasteiger partial charge is 0.310 e. The summed E-state index contributed by atoms with van der Waals surface area (Å²) in [5.74, 6) is 0.294. The highest BCUT2D eigenvalue weighted by Crippen LogP contribution is 2.27. The van der Waals surface area contributed by atoms with E-state index in [2.05, 4.69) is 10.2 Å². The average molecular weight is 419 g/mol. The van der Waals surface area contributed by atoms with Gasteiger partial charge >= 0.3 is 5.97 Å². The van der Waals surface area contributed by atoms with E-state index >= 15 is 0 Å². The summed E-state index contributed by atoms with van der Waals surface area (Å²) in [4.78, 5) is 26.7. The van der Waals surface area contributed by atoms with E-state index in [9.17, 15) is 9.59 Å². The van der Waals surface area contributed by atoms with Gasteiger partial charge in [-0.25, -0.2) is 0 Å². The minimum absolute atomic E-state index is 0.0910. The van der Waals surface area contributed by atoms with Crippen LogP contribution < -0.4 is 0 Å². The van der Waals surface area contributed by atoms with Gasteiger partial charge in [0.15, 0.2) is 0 Å². The normalized spacial score (nSPS) is 16.2. The van der Waals surface area contributed by atoms with E-state index in [4.69, 9.17) is 9.15 Å². The first-order valence-electron chi connectivity index (χ1n) is 10.5. The van der Waals surface area contributed by atoms with Crippen LogP contribution in [0.3, 0.4) is 0 Å². The molecule has 7 heteroatoms. The Bertz CT molecular complexity index is 1070. The van der Waals surface area contributed by atoms with E-state index < -0.39 is 0 Å². The summed E-state index contributed by atoms with van der Waals surface area (Å²) in [6.07, 6.45) is 1.54. The number of ether oxygens (including phenoxy) is 1. The lowest BCUT2D eigenvalue weighted by molar-refractivity contribution is -0.149. The molecule has 0 aliphatic carbocycles. The minimum Gasteiger partial charge on any atom is -0.466 e. The van der Waals surface area contributed by atoms with Crippen molar-refractivity contribution in [2.75, 3.05) is 19.7 Å². The molecule has 160 valence electrons. The lowest BCUT2D eigenvalue weighted by atomic mass is 9.97. The molecule has 0 saturated carbocycles. The molecule has 31 heavy (non-hydrogen) atoms. The third kappa shape index (κ3) is 4.50. The lowest BCUT2D eigenvalue weighted by Gasteiger charge is -2.31. The Labute approximate surface area is 181 Å². The van der Waals surface area contributed by atoms with Crippen LogP contribution in [0.15, 0.2) is 52.9 Å². The number of hydrogen-bond donors (Lipinski definition) is 0. The topological polar surface area (TPSA) is 85.5 Å². The average Bonchev–Trinajstić information content (AvgIpc) is 3.29. The van der Waals surface area contributed by atoms with Gasteiger partial charge in [-0.15, -0.1) is 10.2 Å². The van der Waals surface area contributed by atoms with Crippen molar-refractivity contribution < 1.29 is 18.7 Å². The van der Waals surface area contributed by atoms with Gasteiger partial charge in [0.05, 0.1) is 12.5 Å². The Balaban J connectivity index is 1.47. The monoisotopic (exact) mass is 419 g/mol. The number of aromatic nitrogens is 2. The van der Waals surface area contributed by atoms with Crippen molar-refractivity contribution >= 4 is 11.9 Å². The van der Waals surface area contributed by atoms with Crippen molar-refractivity contribution in [3.63, 3.8) is 0 Å². The van der Waals surface area contributed by atoms with Gasteiger partial charge in [-0.2, -0.15) is 0 Å². The number of carbonyl (C=O) groups is 2. The van der Waals surface area contributed by atoms with Gasteiger partial charge in [-0.3, -0.25) is 9.59 Å². The van der Waals surface area contributed by atoms with E-state index in [1.165, 1.54) is 0 Å². The largest absolute Gasteiger partial charge is 0.466 e. The van der Waals surface area contributed by atoms with Crippen LogP contribution in [-0.4, -0.2) is 46.7 Å². The van der Waals surface area contributed by atoms with Crippen molar-refractivity contribution in [1.29, 1.82) is 0 Å². The molecule has 1 aromatic heterocycles. The third-order valence-corrected chi connectivity index (χ3v) is 5.51. The number of rotatable bonds is 5. The van der Waals surface area contributed by atoms with Crippen molar-refractivity contribution in [3.05, 3.63) is 59.7 Å². The first-order chi connectivity index (χ1) is 15.1. The Morgan fingerprint density at radius 2 is 1.84 bits per heavy atom. The molecule has 1 aliphatic heterocycles. The number of amides is 1. The second kappa shape index (κ2) is 9.12. The van der Waals surface area contributed by atoms with Crippen LogP contribution in [-0.2, 0) is 9.53 Å². The molecule has 3 aromatic rings. The number of piperidine rings is 1. The number of nitrogens with zero attached hydrogens (tertiary/aromatic N) is 3. The van der Waals surface area contributed by atoms with Crippen LogP contribution in [0.4, 0.5) is 0 Å². The number of esters is 1. The number of hydrogen-bond acceptors (Lipinski definition) is 6. The standard InChI is InChI=1S/C24H25N3O4/c1-3-30-24(29)19-8-6-14-27(15-19)23(28)18-12-10-17(11-13-18)21-25-26-22(31-21)20-9-5-4-7-16(20)2/h4-5,7,9-13,19H,3,6,8,14-15H2,1-2H3. The fourth-order valence-corrected chi connectivity index (χ4v) is 3.81. The molecule has 4 rings (SSSR count). The van der Waals surface area contributed by atoms with Crippen LogP contribution in [0.1, 0.15) is 35.7 Å². The summed E-state index contributed by atoms with van der Waals surface area (Å²) in [6.45, 7) is 5.17. The van der Waals surface area contributed by atoms with E-state index in [-0.39, 0.29) is 17.8 Å². The van der Waals surface area contributed by atoms with Gasteiger partial charge in [0.2, 0.25) is 11.8 Å². The summed E-state index contributed by atoms with van der Waals surface area (Å²) in [6, 6.07) is 14.9. The molecule has 0 spiro atoms. The highest BCUT2D eigenvalue weighted by Gasteiger charge is 2.29. The molecule has 1 atom stereocenters. The van der Waals surface area contributed by atoms with Crippen LogP contribution in [0, 0.1) is 12.8 Å². The van der Waals surface area contributed by atoms with Gasteiger partial charge < -0.3 is 14.1 Å². The van der Waals surface area contributed by atoms with E-state index in [0.29, 0.717) is 37.0 Å². The minimum atomic E-state index is -0.254. The second-order valence-corrected chi connectivity index (χ2v) is 7.65. The molecule has 2 heterocycles. The van der Waals surface area contributed by atoms with Crippen molar-refractivity contribution in [2.24, 2.45) is 5.92 Å². The number of likely N-dealkylation sites (tertiary alicyclic amines) is 1. The van der Waals surface area contributed by atoms with E-state index in [0.717, 1.165) is 29.5 Å². The van der Waals surface area contributed by atoms with Crippen molar-refractivity contribution in [3.8, 4) is 22.9 Å². The number of aryl methyl sites for hydroxylation is 1. The van der Waals surface area contributed by atoms with Crippen LogP contribution in [0.2, 0.25) is 0 Å². The van der Waals surface area contributed by atoms with Crippen molar-refractivity contribution in [1.82, 2.24) is 15.1 Å². The van der Waals surface area contributed by atoms with Gasteiger partial charge in [0, 0.05) is 29.8 Å². The summed E-state index contributed by atoms with van der Waals surface area (Å²) >= 11 is 0. The zero-order valence-electron chi connectivity index (χ0n) is 17.7.